The standard InChI is InChI=1S/C35H34N2O2/c1-2-39-31-22-20-27(21-23-31)26-37(35(38)36-34-19-11-17-30-16-9-10-18-33(30)34)25-24-32(28-12-5-3-6-13-28)29-14-7-4-8-15-29/h3-23,32H,2,24-26H2,1H3,(H,36,38). The average molecular weight is 515 g/mol. The average Bonchev–Trinajstić information content (AvgIpc) is 2.99. The molecule has 0 spiro atoms. The quantitative estimate of drug-likeness (QED) is 0.203. The van der Waals surface area contributed by atoms with Crippen LogP contribution in [0.1, 0.15) is 36.0 Å². The molecule has 0 radical (unpaired) electrons. The Labute approximate surface area is 230 Å². The van der Waals surface area contributed by atoms with Gasteiger partial charge in [0, 0.05) is 24.4 Å². The molecule has 0 aliphatic rings. The van der Waals surface area contributed by atoms with E-state index in [1.165, 1.54) is 11.1 Å². The Morgan fingerprint density at radius 2 is 1.36 bits per heavy atom. The molecule has 0 heterocycles. The third-order valence-corrected chi connectivity index (χ3v) is 7.02. The highest BCUT2D eigenvalue weighted by atomic mass is 16.5. The fourth-order valence-electron chi connectivity index (χ4n) is 5.04. The van der Waals surface area contributed by atoms with Gasteiger partial charge in [0.1, 0.15) is 5.75 Å². The van der Waals surface area contributed by atoms with Gasteiger partial charge < -0.3 is 15.0 Å². The molecule has 0 bridgehead atoms. The minimum atomic E-state index is -0.111. The van der Waals surface area contributed by atoms with Crippen molar-refractivity contribution in [3.05, 3.63) is 144 Å². The van der Waals surface area contributed by atoms with Crippen LogP contribution in [0.5, 0.6) is 5.75 Å². The molecule has 5 aromatic rings. The van der Waals surface area contributed by atoms with Crippen molar-refractivity contribution >= 4 is 22.5 Å². The van der Waals surface area contributed by atoms with Crippen molar-refractivity contribution in [1.29, 1.82) is 0 Å². The lowest BCUT2D eigenvalue weighted by Crippen LogP contribution is -2.36. The van der Waals surface area contributed by atoms with Gasteiger partial charge in [-0.05, 0) is 53.6 Å². The SMILES string of the molecule is CCOc1ccc(CN(CCC(c2ccccc2)c2ccccc2)C(=O)Nc2cccc3ccccc23)cc1. The van der Waals surface area contributed by atoms with Crippen molar-refractivity contribution in [2.24, 2.45) is 0 Å². The molecule has 39 heavy (non-hydrogen) atoms. The molecule has 0 atom stereocenters. The van der Waals surface area contributed by atoms with Crippen molar-refractivity contribution in [3.8, 4) is 5.75 Å². The number of anilines is 1. The molecule has 196 valence electrons. The molecule has 0 fully saturated rings. The number of nitrogens with one attached hydrogen (secondary N) is 1. The van der Waals surface area contributed by atoms with E-state index in [0.29, 0.717) is 19.7 Å². The van der Waals surface area contributed by atoms with Crippen LogP contribution in [0.15, 0.2) is 127 Å². The number of fused-ring (bicyclic) bond motifs is 1. The van der Waals surface area contributed by atoms with E-state index in [2.05, 4.69) is 66.0 Å². The van der Waals surface area contributed by atoms with Crippen molar-refractivity contribution in [2.45, 2.75) is 25.8 Å². The van der Waals surface area contributed by atoms with Crippen LogP contribution in [0.2, 0.25) is 0 Å². The lowest BCUT2D eigenvalue weighted by Gasteiger charge is -2.27. The first-order valence-electron chi connectivity index (χ1n) is 13.6. The second-order valence-corrected chi connectivity index (χ2v) is 9.62. The van der Waals surface area contributed by atoms with Gasteiger partial charge in [0.25, 0.3) is 0 Å². The zero-order valence-electron chi connectivity index (χ0n) is 22.3. The fourth-order valence-corrected chi connectivity index (χ4v) is 5.04. The molecule has 5 aromatic carbocycles. The number of hydrogen-bond donors (Lipinski definition) is 1. The highest BCUT2D eigenvalue weighted by Crippen LogP contribution is 2.29. The Morgan fingerprint density at radius 3 is 2.03 bits per heavy atom. The number of urea groups is 1. The number of benzene rings is 5. The van der Waals surface area contributed by atoms with Gasteiger partial charge in [-0.3, -0.25) is 0 Å². The minimum absolute atomic E-state index is 0.111. The molecule has 0 aromatic heterocycles. The van der Waals surface area contributed by atoms with E-state index in [4.69, 9.17) is 4.74 Å². The molecule has 0 aliphatic carbocycles. The lowest BCUT2D eigenvalue weighted by atomic mass is 9.88. The smallest absolute Gasteiger partial charge is 0.322 e. The number of carbonyl (C=O) groups excluding carboxylic acids is 1. The number of rotatable bonds is 10. The molecule has 0 unspecified atom stereocenters. The maximum Gasteiger partial charge on any atom is 0.322 e. The second kappa shape index (κ2) is 12.8. The maximum absolute atomic E-state index is 13.8. The first kappa shape index (κ1) is 26.1. The normalized spacial score (nSPS) is 10.9. The fraction of sp³-hybridized carbons (Fsp3) is 0.171. The van der Waals surface area contributed by atoms with Crippen LogP contribution < -0.4 is 10.1 Å². The first-order valence-corrected chi connectivity index (χ1v) is 13.6. The number of hydrogen-bond acceptors (Lipinski definition) is 2. The summed E-state index contributed by atoms with van der Waals surface area (Å²) in [6.45, 7) is 3.69. The summed E-state index contributed by atoms with van der Waals surface area (Å²) < 4.78 is 5.62. The molecule has 2 amide bonds. The van der Waals surface area contributed by atoms with Gasteiger partial charge in [-0.15, -0.1) is 0 Å². The van der Waals surface area contributed by atoms with Gasteiger partial charge in [-0.1, -0.05) is 109 Å². The molecule has 1 N–H and O–H groups in total. The van der Waals surface area contributed by atoms with Crippen molar-refractivity contribution in [3.63, 3.8) is 0 Å². The highest BCUT2D eigenvalue weighted by Gasteiger charge is 2.20. The third-order valence-electron chi connectivity index (χ3n) is 7.02. The summed E-state index contributed by atoms with van der Waals surface area (Å²) in [6, 6.07) is 43.1. The summed E-state index contributed by atoms with van der Waals surface area (Å²) in [5.41, 5.74) is 4.37. The highest BCUT2D eigenvalue weighted by molar-refractivity contribution is 6.01. The summed E-state index contributed by atoms with van der Waals surface area (Å²) >= 11 is 0. The van der Waals surface area contributed by atoms with E-state index in [-0.39, 0.29) is 11.9 Å². The Bertz CT molecular complexity index is 1440. The zero-order valence-corrected chi connectivity index (χ0v) is 22.3. The molecule has 0 aliphatic heterocycles. The minimum Gasteiger partial charge on any atom is -0.494 e. The summed E-state index contributed by atoms with van der Waals surface area (Å²) in [5, 5.41) is 5.33. The van der Waals surface area contributed by atoms with E-state index in [0.717, 1.165) is 34.2 Å². The monoisotopic (exact) mass is 514 g/mol. The second-order valence-electron chi connectivity index (χ2n) is 9.62. The van der Waals surface area contributed by atoms with E-state index in [1.807, 2.05) is 78.6 Å². The van der Waals surface area contributed by atoms with Crippen LogP contribution in [0.3, 0.4) is 0 Å². The summed E-state index contributed by atoms with van der Waals surface area (Å²) in [4.78, 5) is 15.7. The zero-order chi connectivity index (χ0) is 26.9. The molecular weight excluding hydrogens is 480 g/mol. The molecular formula is C35H34N2O2. The number of nitrogens with zero attached hydrogens (tertiary/aromatic N) is 1. The van der Waals surface area contributed by atoms with Gasteiger partial charge >= 0.3 is 6.03 Å². The van der Waals surface area contributed by atoms with Crippen LogP contribution in [-0.2, 0) is 6.54 Å². The van der Waals surface area contributed by atoms with Crippen LogP contribution in [0.4, 0.5) is 10.5 Å². The lowest BCUT2D eigenvalue weighted by molar-refractivity contribution is 0.207. The molecule has 5 rings (SSSR count). The van der Waals surface area contributed by atoms with Crippen LogP contribution in [0, 0.1) is 0 Å². The van der Waals surface area contributed by atoms with Gasteiger partial charge in [0.15, 0.2) is 0 Å². The van der Waals surface area contributed by atoms with Crippen LogP contribution >= 0.6 is 0 Å². The number of amides is 2. The first-order chi connectivity index (χ1) is 19.2. The molecule has 0 saturated heterocycles. The van der Waals surface area contributed by atoms with Gasteiger partial charge in [0.2, 0.25) is 0 Å². The van der Waals surface area contributed by atoms with E-state index >= 15 is 0 Å². The number of carbonyl (C=O) groups is 1. The Kier molecular flexibility index (Phi) is 8.54. The van der Waals surface area contributed by atoms with Crippen molar-refractivity contribution in [1.82, 2.24) is 4.90 Å². The molecule has 4 heteroatoms. The topological polar surface area (TPSA) is 41.6 Å². The molecule has 0 saturated carbocycles. The summed E-state index contributed by atoms with van der Waals surface area (Å²) in [6.07, 6.45) is 0.800. The van der Waals surface area contributed by atoms with Crippen molar-refractivity contribution in [2.75, 3.05) is 18.5 Å². The molecule has 4 nitrogen and oxygen atoms in total. The van der Waals surface area contributed by atoms with Gasteiger partial charge in [0.05, 0.1) is 12.3 Å². The van der Waals surface area contributed by atoms with Gasteiger partial charge in [-0.25, -0.2) is 4.79 Å². The predicted molar refractivity (Wildman–Crippen MR) is 160 cm³/mol. The maximum atomic E-state index is 13.8. The third kappa shape index (κ3) is 6.66. The number of ether oxygens (including phenoxy) is 1. The Morgan fingerprint density at radius 1 is 0.744 bits per heavy atom. The summed E-state index contributed by atoms with van der Waals surface area (Å²) in [5.74, 6) is 1.02. The Hall–Kier alpha value is -4.57. The predicted octanol–water partition coefficient (Wildman–Crippen LogP) is 8.49. The van der Waals surface area contributed by atoms with E-state index < -0.39 is 0 Å². The van der Waals surface area contributed by atoms with Gasteiger partial charge in [-0.2, -0.15) is 0 Å². The van der Waals surface area contributed by atoms with Crippen LogP contribution in [0.25, 0.3) is 10.8 Å². The van der Waals surface area contributed by atoms with E-state index in [1.54, 1.807) is 0 Å². The summed E-state index contributed by atoms with van der Waals surface area (Å²) in [7, 11) is 0. The van der Waals surface area contributed by atoms with Crippen molar-refractivity contribution < 1.29 is 9.53 Å². The van der Waals surface area contributed by atoms with E-state index in [9.17, 15) is 4.79 Å². The Balaban J connectivity index is 1.41. The largest absolute Gasteiger partial charge is 0.494 e. The van der Waals surface area contributed by atoms with Crippen LogP contribution in [-0.4, -0.2) is 24.1 Å².